The lowest BCUT2D eigenvalue weighted by atomic mass is 10.3. The maximum Gasteiger partial charge on any atom is 0.339 e. The molecule has 0 spiro atoms. The van der Waals surface area contributed by atoms with Gasteiger partial charge >= 0.3 is 5.97 Å². The summed E-state index contributed by atoms with van der Waals surface area (Å²) in [6.45, 7) is 2.35. The van der Waals surface area contributed by atoms with Gasteiger partial charge in [0.2, 0.25) is 0 Å². The molecule has 0 saturated carbocycles. The number of aromatic nitrogens is 2. The minimum atomic E-state index is -1.03. The Hall–Kier alpha value is -1.69. The van der Waals surface area contributed by atoms with E-state index in [4.69, 9.17) is 9.84 Å². The van der Waals surface area contributed by atoms with Crippen LogP contribution in [0.3, 0.4) is 0 Å². The van der Waals surface area contributed by atoms with Crippen molar-refractivity contribution in [1.29, 1.82) is 0 Å². The second-order valence-corrected chi connectivity index (χ2v) is 3.03. The van der Waals surface area contributed by atoms with Crippen LogP contribution in [0.1, 0.15) is 17.3 Å². The Morgan fingerprint density at radius 2 is 2.47 bits per heavy atom. The van der Waals surface area contributed by atoms with Crippen molar-refractivity contribution in [3.05, 3.63) is 17.8 Å². The number of ether oxygens (including phenoxy) is 1. The van der Waals surface area contributed by atoms with Gasteiger partial charge in [-0.3, -0.25) is 0 Å². The number of hydrogen-bond donors (Lipinski definition) is 2. The molecule has 1 unspecified atom stereocenters. The van der Waals surface area contributed by atoms with Gasteiger partial charge in [0.05, 0.1) is 12.3 Å². The lowest BCUT2D eigenvalue weighted by molar-refractivity contribution is 0.0697. The first-order chi connectivity index (χ1) is 7.15. The van der Waals surface area contributed by atoms with Crippen LogP contribution in [0.25, 0.3) is 0 Å². The van der Waals surface area contributed by atoms with Gasteiger partial charge in [0.15, 0.2) is 5.82 Å². The molecule has 2 N–H and O–H groups in total. The van der Waals surface area contributed by atoms with Crippen LogP contribution in [0.5, 0.6) is 0 Å². The third-order valence-corrected chi connectivity index (χ3v) is 1.91. The lowest BCUT2D eigenvalue weighted by Crippen LogP contribution is -2.20. The third kappa shape index (κ3) is 3.17. The zero-order valence-electron chi connectivity index (χ0n) is 8.60. The van der Waals surface area contributed by atoms with E-state index in [1.165, 1.54) is 12.3 Å². The number of nitrogens with one attached hydrogen (secondary N) is 1. The molecule has 1 rings (SSSR count). The molecule has 1 atom stereocenters. The van der Waals surface area contributed by atoms with E-state index in [1.54, 1.807) is 7.11 Å². The van der Waals surface area contributed by atoms with Crippen LogP contribution < -0.4 is 5.32 Å². The summed E-state index contributed by atoms with van der Waals surface area (Å²) in [6.07, 6.45) is 1.32. The molecule has 0 aromatic carbocycles. The average molecular weight is 211 g/mol. The summed E-state index contributed by atoms with van der Waals surface area (Å²) in [5.74, 6) is -0.772. The van der Waals surface area contributed by atoms with Crippen molar-refractivity contribution < 1.29 is 14.6 Å². The minimum Gasteiger partial charge on any atom is -0.478 e. The van der Waals surface area contributed by atoms with Crippen molar-refractivity contribution in [3.63, 3.8) is 0 Å². The maximum atomic E-state index is 10.8. The van der Waals surface area contributed by atoms with Gasteiger partial charge in [0.25, 0.3) is 0 Å². The first-order valence-electron chi connectivity index (χ1n) is 4.46. The summed E-state index contributed by atoms with van der Waals surface area (Å²) in [7, 11) is 1.58. The molecule has 0 saturated heterocycles. The van der Waals surface area contributed by atoms with Crippen molar-refractivity contribution in [2.24, 2.45) is 0 Å². The van der Waals surface area contributed by atoms with E-state index in [9.17, 15) is 4.79 Å². The molecule has 0 amide bonds. The Kier molecular flexibility index (Phi) is 3.99. The van der Waals surface area contributed by atoms with E-state index in [2.05, 4.69) is 15.5 Å². The lowest BCUT2D eigenvalue weighted by Gasteiger charge is -2.11. The summed E-state index contributed by atoms with van der Waals surface area (Å²) in [5.41, 5.74) is 0.105. The van der Waals surface area contributed by atoms with E-state index in [0.29, 0.717) is 6.54 Å². The predicted octanol–water partition coefficient (Wildman–Crippen LogP) is 0.622. The fraction of sp³-hybridized carbons (Fsp3) is 0.444. The normalized spacial score (nSPS) is 12.1. The number of nitrogens with zero attached hydrogens (tertiary/aromatic N) is 2. The first kappa shape index (κ1) is 11.4. The molecule has 0 bridgehead atoms. The Morgan fingerprint density at radius 1 is 1.73 bits per heavy atom. The van der Waals surface area contributed by atoms with Gasteiger partial charge in [-0.2, -0.15) is 5.10 Å². The topological polar surface area (TPSA) is 84.3 Å². The van der Waals surface area contributed by atoms with E-state index in [1.807, 2.05) is 6.92 Å². The summed E-state index contributed by atoms with van der Waals surface area (Å²) in [6, 6.07) is 1.40. The Labute approximate surface area is 87.3 Å². The molecule has 0 aliphatic carbocycles. The molecular formula is C9H13N3O3. The second kappa shape index (κ2) is 5.26. The van der Waals surface area contributed by atoms with Crippen LogP contribution in [0.15, 0.2) is 12.3 Å². The highest BCUT2D eigenvalue weighted by molar-refractivity contribution is 5.92. The largest absolute Gasteiger partial charge is 0.478 e. The zero-order chi connectivity index (χ0) is 11.3. The standard InChI is InChI=1S/C9H13N3O3/c1-6(15-2)5-10-8-7(9(13)14)3-4-11-12-8/h3-4,6H,5H2,1-2H3,(H,10,12)(H,13,14). The molecule has 6 heteroatoms. The number of carboxylic acid groups (broad SMARTS) is 1. The van der Waals surface area contributed by atoms with Crippen molar-refractivity contribution in [2.75, 3.05) is 19.0 Å². The van der Waals surface area contributed by atoms with Crippen molar-refractivity contribution in [3.8, 4) is 0 Å². The smallest absolute Gasteiger partial charge is 0.339 e. The number of hydrogen-bond acceptors (Lipinski definition) is 5. The molecule has 1 aromatic rings. The first-order valence-corrected chi connectivity index (χ1v) is 4.46. The van der Waals surface area contributed by atoms with Gasteiger partial charge < -0.3 is 15.2 Å². The monoisotopic (exact) mass is 211 g/mol. The number of rotatable bonds is 5. The highest BCUT2D eigenvalue weighted by Crippen LogP contribution is 2.09. The molecule has 0 aliphatic heterocycles. The van der Waals surface area contributed by atoms with Gasteiger partial charge in [0.1, 0.15) is 5.56 Å². The fourth-order valence-electron chi connectivity index (χ4n) is 0.959. The highest BCUT2D eigenvalue weighted by Gasteiger charge is 2.11. The van der Waals surface area contributed by atoms with Gasteiger partial charge in [-0.25, -0.2) is 4.79 Å². The molecule has 15 heavy (non-hydrogen) atoms. The number of anilines is 1. The predicted molar refractivity (Wildman–Crippen MR) is 54.0 cm³/mol. The van der Waals surface area contributed by atoms with Crippen LogP contribution >= 0.6 is 0 Å². The number of methoxy groups -OCH3 is 1. The number of carbonyl (C=O) groups is 1. The molecule has 1 heterocycles. The minimum absolute atomic E-state index is 0.0198. The van der Waals surface area contributed by atoms with Gasteiger partial charge in [-0.05, 0) is 13.0 Å². The number of carboxylic acids is 1. The van der Waals surface area contributed by atoms with Crippen LogP contribution in [0.4, 0.5) is 5.82 Å². The SMILES string of the molecule is COC(C)CNc1nnccc1C(=O)O. The van der Waals surface area contributed by atoms with Gasteiger partial charge in [0, 0.05) is 13.7 Å². The van der Waals surface area contributed by atoms with Crippen LogP contribution in [-0.2, 0) is 4.74 Å². The Morgan fingerprint density at radius 3 is 3.07 bits per heavy atom. The zero-order valence-corrected chi connectivity index (χ0v) is 8.60. The van der Waals surface area contributed by atoms with E-state index < -0.39 is 5.97 Å². The van der Waals surface area contributed by atoms with Crippen molar-refractivity contribution in [2.45, 2.75) is 13.0 Å². The van der Waals surface area contributed by atoms with Crippen LogP contribution in [0, 0.1) is 0 Å². The molecule has 0 fully saturated rings. The van der Waals surface area contributed by atoms with Crippen molar-refractivity contribution >= 4 is 11.8 Å². The summed E-state index contributed by atoms with van der Waals surface area (Å²) < 4.78 is 5.01. The molecule has 82 valence electrons. The van der Waals surface area contributed by atoms with Crippen LogP contribution in [-0.4, -0.2) is 41.0 Å². The Bertz CT molecular complexity index is 343. The van der Waals surface area contributed by atoms with E-state index in [0.717, 1.165) is 0 Å². The Balaban J connectivity index is 2.72. The molecule has 0 aliphatic rings. The van der Waals surface area contributed by atoms with Gasteiger partial charge in [-0.15, -0.1) is 5.10 Å². The quantitative estimate of drug-likeness (QED) is 0.742. The molecular weight excluding hydrogens is 198 g/mol. The summed E-state index contributed by atoms with van der Waals surface area (Å²) in [5, 5.41) is 19.0. The number of aromatic carboxylic acids is 1. The highest BCUT2D eigenvalue weighted by atomic mass is 16.5. The van der Waals surface area contributed by atoms with E-state index in [-0.39, 0.29) is 17.5 Å². The summed E-state index contributed by atoms with van der Waals surface area (Å²) in [4.78, 5) is 10.8. The van der Waals surface area contributed by atoms with Crippen LogP contribution in [0.2, 0.25) is 0 Å². The third-order valence-electron chi connectivity index (χ3n) is 1.91. The molecule has 0 radical (unpaired) electrons. The fourth-order valence-corrected chi connectivity index (χ4v) is 0.959. The second-order valence-electron chi connectivity index (χ2n) is 3.03. The maximum absolute atomic E-state index is 10.8. The van der Waals surface area contributed by atoms with Gasteiger partial charge in [-0.1, -0.05) is 0 Å². The average Bonchev–Trinajstić information content (AvgIpc) is 2.26. The van der Waals surface area contributed by atoms with E-state index >= 15 is 0 Å². The molecule has 6 nitrogen and oxygen atoms in total. The van der Waals surface area contributed by atoms with Crippen molar-refractivity contribution in [1.82, 2.24) is 10.2 Å². The molecule has 1 aromatic heterocycles. The summed E-state index contributed by atoms with van der Waals surface area (Å²) >= 11 is 0.